The molecule has 1 unspecified atom stereocenters. The summed E-state index contributed by atoms with van der Waals surface area (Å²) in [5.74, 6) is 0. The van der Waals surface area contributed by atoms with E-state index in [1.54, 1.807) is 0 Å². The summed E-state index contributed by atoms with van der Waals surface area (Å²) in [6.07, 6.45) is 6.17. The topological polar surface area (TPSA) is 41.6 Å². The van der Waals surface area contributed by atoms with Crippen LogP contribution in [-0.4, -0.2) is 41.8 Å². The van der Waals surface area contributed by atoms with Crippen LogP contribution in [0.15, 0.2) is 0 Å². The van der Waals surface area contributed by atoms with Crippen molar-refractivity contribution in [1.29, 1.82) is 0 Å². The molecule has 1 saturated carbocycles. The minimum atomic E-state index is -0.395. The third-order valence-corrected chi connectivity index (χ3v) is 3.67. The molecule has 4 heteroatoms. The van der Waals surface area contributed by atoms with Crippen LogP contribution in [-0.2, 0) is 4.74 Å². The van der Waals surface area contributed by atoms with Gasteiger partial charge in [0.2, 0.25) is 0 Å². The van der Waals surface area contributed by atoms with Gasteiger partial charge in [0, 0.05) is 25.2 Å². The van der Waals surface area contributed by atoms with E-state index in [4.69, 9.17) is 4.74 Å². The van der Waals surface area contributed by atoms with E-state index in [-0.39, 0.29) is 6.09 Å². The highest BCUT2D eigenvalue weighted by Crippen LogP contribution is 2.21. The molecule has 1 heterocycles. The Morgan fingerprint density at radius 1 is 1.17 bits per heavy atom. The second-order valence-electron chi connectivity index (χ2n) is 6.56. The van der Waals surface area contributed by atoms with Crippen LogP contribution in [0, 0.1) is 0 Å². The van der Waals surface area contributed by atoms with Crippen LogP contribution in [0.2, 0.25) is 0 Å². The van der Waals surface area contributed by atoms with Crippen molar-refractivity contribution in [3.63, 3.8) is 0 Å². The molecule has 18 heavy (non-hydrogen) atoms. The van der Waals surface area contributed by atoms with Crippen LogP contribution < -0.4 is 5.32 Å². The molecule has 1 N–H and O–H groups in total. The van der Waals surface area contributed by atoms with E-state index in [0.717, 1.165) is 19.5 Å². The Labute approximate surface area is 110 Å². The SMILES string of the molecule is CC(C)(C)OC(=O)N1CCC(NC2CCCC2)C1. The standard InChI is InChI=1S/C14H26N2O2/c1-14(2,3)18-13(17)16-9-8-12(10-16)15-11-6-4-5-7-11/h11-12,15H,4-10H2,1-3H3. The lowest BCUT2D eigenvalue weighted by atomic mass is 10.2. The lowest BCUT2D eigenvalue weighted by Crippen LogP contribution is -2.41. The molecule has 2 fully saturated rings. The van der Waals surface area contributed by atoms with E-state index in [0.29, 0.717) is 12.1 Å². The highest BCUT2D eigenvalue weighted by atomic mass is 16.6. The Morgan fingerprint density at radius 2 is 1.83 bits per heavy atom. The second kappa shape index (κ2) is 5.47. The smallest absolute Gasteiger partial charge is 0.410 e. The molecule has 1 aliphatic carbocycles. The van der Waals surface area contributed by atoms with Crippen LogP contribution in [0.25, 0.3) is 0 Å². The van der Waals surface area contributed by atoms with E-state index in [9.17, 15) is 4.79 Å². The number of carbonyl (C=O) groups is 1. The maximum absolute atomic E-state index is 11.9. The summed E-state index contributed by atoms with van der Waals surface area (Å²) >= 11 is 0. The van der Waals surface area contributed by atoms with Crippen molar-refractivity contribution >= 4 is 6.09 Å². The molecule has 4 nitrogen and oxygen atoms in total. The third-order valence-electron chi connectivity index (χ3n) is 3.67. The van der Waals surface area contributed by atoms with Gasteiger partial charge < -0.3 is 15.0 Å². The van der Waals surface area contributed by atoms with Crippen molar-refractivity contribution in [3.05, 3.63) is 0 Å². The van der Waals surface area contributed by atoms with Gasteiger partial charge in [0.1, 0.15) is 5.60 Å². The molecule has 2 rings (SSSR count). The number of nitrogens with zero attached hydrogens (tertiary/aromatic N) is 1. The minimum Gasteiger partial charge on any atom is -0.444 e. The van der Waals surface area contributed by atoms with Gasteiger partial charge in [-0.05, 0) is 40.0 Å². The van der Waals surface area contributed by atoms with E-state index < -0.39 is 5.60 Å². The molecule has 0 bridgehead atoms. The van der Waals surface area contributed by atoms with Gasteiger partial charge in [-0.1, -0.05) is 12.8 Å². The van der Waals surface area contributed by atoms with Crippen LogP contribution in [0.3, 0.4) is 0 Å². The van der Waals surface area contributed by atoms with Gasteiger partial charge in [0.05, 0.1) is 0 Å². The fourth-order valence-corrected chi connectivity index (χ4v) is 2.81. The predicted molar refractivity (Wildman–Crippen MR) is 71.6 cm³/mol. The van der Waals surface area contributed by atoms with Crippen molar-refractivity contribution in [3.8, 4) is 0 Å². The number of ether oxygens (including phenoxy) is 1. The minimum absolute atomic E-state index is 0.168. The molecule has 1 saturated heterocycles. The zero-order valence-electron chi connectivity index (χ0n) is 11.9. The van der Waals surface area contributed by atoms with Crippen LogP contribution in [0.1, 0.15) is 52.9 Å². The highest BCUT2D eigenvalue weighted by Gasteiger charge is 2.31. The number of amides is 1. The molecule has 1 atom stereocenters. The predicted octanol–water partition coefficient (Wildman–Crippen LogP) is 2.53. The quantitative estimate of drug-likeness (QED) is 0.823. The van der Waals surface area contributed by atoms with E-state index in [1.165, 1.54) is 25.7 Å². The van der Waals surface area contributed by atoms with Crippen molar-refractivity contribution in [1.82, 2.24) is 10.2 Å². The summed E-state index contributed by atoms with van der Waals surface area (Å²) < 4.78 is 5.40. The molecule has 104 valence electrons. The Balaban J connectivity index is 1.75. The van der Waals surface area contributed by atoms with Crippen LogP contribution in [0.4, 0.5) is 4.79 Å². The summed E-state index contributed by atoms with van der Waals surface area (Å²) in [5.41, 5.74) is -0.395. The number of carbonyl (C=O) groups excluding carboxylic acids is 1. The molecule has 0 aromatic rings. The van der Waals surface area contributed by atoms with E-state index in [2.05, 4.69) is 5.32 Å². The summed E-state index contributed by atoms with van der Waals surface area (Å²) in [6.45, 7) is 7.35. The van der Waals surface area contributed by atoms with Gasteiger partial charge >= 0.3 is 6.09 Å². The largest absolute Gasteiger partial charge is 0.444 e. The number of likely N-dealkylation sites (tertiary alicyclic amines) is 1. The molecule has 0 aromatic carbocycles. The molecular weight excluding hydrogens is 228 g/mol. The van der Waals surface area contributed by atoms with Gasteiger partial charge in [0.15, 0.2) is 0 Å². The molecule has 0 spiro atoms. The fraction of sp³-hybridized carbons (Fsp3) is 0.929. The van der Waals surface area contributed by atoms with Crippen LogP contribution in [0.5, 0.6) is 0 Å². The highest BCUT2D eigenvalue weighted by molar-refractivity contribution is 5.68. The Bertz CT molecular complexity index is 293. The first kappa shape index (κ1) is 13.7. The summed E-state index contributed by atoms with van der Waals surface area (Å²) in [5, 5.41) is 3.68. The monoisotopic (exact) mass is 254 g/mol. The first-order chi connectivity index (χ1) is 8.44. The van der Waals surface area contributed by atoms with Crippen LogP contribution >= 0.6 is 0 Å². The van der Waals surface area contributed by atoms with Gasteiger partial charge in [-0.15, -0.1) is 0 Å². The molecular formula is C14H26N2O2. The number of rotatable bonds is 2. The van der Waals surface area contributed by atoms with Gasteiger partial charge in [-0.2, -0.15) is 0 Å². The number of hydrogen-bond acceptors (Lipinski definition) is 3. The Morgan fingerprint density at radius 3 is 2.44 bits per heavy atom. The maximum Gasteiger partial charge on any atom is 0.410 e. The average molecular weight is 254 g/mol. The van der Waals surface area contributed by atoms with Crippen molar-refractivity contribution in [2.24, 2.45) is 0 Å². The normalized spacial score (nSPS) is 25.7. The van der Waals surface area contributed by atoms with Crippen molar-refractivity contribution < 1.29 is 9.53 Å². The molecule has 1 aliphatic heterocycles. The maximum atomic E-state index is 11.9. The first-order valence-electron chi connectivity index (χ1n) is 7.18. The van der Waals surface area contributed by atoms with Gasteiger partial charge in [-0.3, -0.25) is 0 Å². The second-order valence-corrected chi connectivity index (χ2v) is 6.56. The Hall–Kier alpha value is -0.770. The Kier molecular flexibility index (Phi) is 4.15. The van der Waals surface area contributed by atoms with E-state index >= 15 is 0 Å². The van der Waals surface area contributed by atoms with Gasteiger partial charge in [0.25, 0.3) is 0 Å². The first-order valence-corrected chi connectivity index (χ1v) is 7.18. The fourth-order valence-electron chi connectivity index (χ4n) is 2.81. The van der Waals surface area contributed by atoms with Crippen molar-refractivity contribution in [2.75, 3.05) is 13.1 Å². The lowest BCUT2D eigenvalue weighted by Gasteiger charge is -2.25. The lowest BCUT2D eigenvalue weighted by molar-refractivity contribution is 0.0290. The zero-order chi connectivity index (χ0) is 13.2. The molecule has 0 radical (unpaired) electrons. The molecule has 2 aliphatic rings. The zero-order valence-corrected chi connectivity index (χ0v) is 11.9. The summed E-state index contributed by atoms with van der Waals surface area (Å²) in [7, 11) is 0. The third kappa shape index (κ3) is 3.87. The molecule has 0 aromatic heterocycles. The summed E-state index contributed by atoms with van der Waals surface area (Å²) in [6, 6.07) is 1.13. The molecule has 1 amide bonds. The van der Waals surface area contributed by atoms with Gasteiger partial charge in [-0.25, -0.2) is 4.79 Å². The van der Waals surface area contributed by atoms with E-state index in [1.807, 2.05) is 25.7 Å². The summed E-state index contributed by atoms with van der Waals surface area (Å²) in [4.78, 5) is 13.8. The van der Waals surface area contributed by atoms with Crippen molar-refractivity contribution in [2.45, 2.75) is 70.6 Å². The average Bonchev–Trinajstić information content (AvgIpc) is 2.86. The number of hydrogen-bond donors (Lipinski definition) is 1. The number of nitrogens with one attached hydrogen (secondary N) is 1.